The van der Waals surface area contributed by atoms with Crippen molar-refractivity contribution in [2.24, 2.45) is 0 Å². The van der Waals surface area contributed by atoms with E-state index in [1.165, 1.54) is 0 Å². The van der Waals surface area contributed by atoms with Crippen LogP contribution in [0, 0.1) is 6.92 Å². The van der Waals surface area contributed by atoms with E-state index in [0.717, 1.165) is 30.5 Å². The SMILES string of the molecule is CCCCC(=O)N(CCC)C(C)c1nc2cc(Cl)ccc2c(=O)n1-c1ccc(C)cc1. The van der Waals surface area contributed by atoms with Gasteiger partial charge in [-0.2, -0.15) is 0 Å². The van der Waals surface area contributed by atoms with E-state index in [4.69, 9.17) is 16.6 Å². The molecule has 0 saturated heterocycles. The van der Waals surface area contributed by atoms with Crippen LogP contribution in [0.1, 0.15) is 63.9 Å². The summed E-state index contributed by atoms with van der Waals surface area (Å²) >= 11 is 6.18. The van der Waals surface area contributed by atoms with Crippen LogP contribution >= 0.6 is 11.6 Å². The fourth-order valence-corrected chi connectivity index (χ4v) is 3.95. The van der Waals surface area contributed by atoms with Crippen LogP contribution in [0.2, 0.25) is 5.02 Å². The second-order valence-corrected chi connectivity index (χ2v) is 8.41. The molecule has 2 aromatic carbocycles. The van der Waals surface area contributed by atoms with Gasteiger partial charge in [-0.1, -0.05) is 49.6 Å². The fourth-order valence-electron chi connectivity index (χ4n) is 3.79. The van der Waals surface area contributed by atoms with Crippen LogP contribution in [0.25, 0.3) is 16.6 Å². The molecule has 0 bridgehead atoms. The highest BCUT2D eigenvalue weighted by atomic mass is 35.5. The molecule has 3 aromatic rings. The van der Waals surface area contributed by atoms with Gasteiger partial charge in [-0.3, -0.25) is 14.2 Å². The summed E-state index contributed by atoms with van der Waals surface area (Å²) in [6.45, 7) is 8.69. The maximum Gasteiger partial charge on any atom is 0.266 e. The Labute approximate surface area is 188 Å². The second-order valence-electron chi connectivity index (χ2n) is 7.97. The van der Waals surface area contributed by atoms with Crippen molar-refractivity contribution in [2.75, 3.05) is 6.54 Å². The molecular formula is C25H30ClN3O2. The van der Waals surface area contributed by atoms with E-state index in [2.05, 4.69) is 6.92 Å². The van der Waals surface area contributed by atoms with Gasteiger partial charge in [0.1, 0.15) is 5.82 Å². The van der Waals surface area contributed by atoms with Crippen LogP contribution in [0.4, 0.5) is 0 Å². The van der Waals surface area contributed by atoms with Gasteiger partial charge in [0.15, 0.2) is 0 Å². The Morgan fingerprint density at radius 2 is 1.84 bits per heavy atom. The summed E-state index contributed by atoms with van der Waals surface area (Å²) in [7, 11) is 0. The van der Waals surface area contributed by atoms with E-state index in [9.17, 15) is 9.59 Å². The van der Waals surface area contributed by atoms with Gasteiger partial charge in [-0.15, -0.1) is 0 Å². The molecule has 5 nitrogen and oxygen atoms in total. The minimum Gasteiger partial charge on any atom is -0.333 e. The predicted molar refractivity (Wildman–Crippen MR) is 127 cm³/mol. The number of benzene rings is 2. The molecule has 1 unspecified atom stereocenters. The summed E-state index contributed by atoms with van der Waals surface area (Å²) in [6.07, 6.45) is 3.13. The minimum atomic E-state index is -0.360. The van der Waals surface area contributed by atoms with Crippen LogP contribution in [-0.4, -0.2) is 26.9 Å². The molecule has 0 aliphatic rings. The highest BCUT2D eigenvalue weighted by molar-refractivity contribution is 6.31. The van der Waals surface area contributed by atoms with Crippen LogP contribution in [-0.2, 0) is 4.79 Å². The van der Waals surface area contributed by atoms with Crippen LogP contribution < -0.4 is 5.56 Å². The predicted octanol–water partition coefficient (Wildman–Crippen LogP) is 5.84. The summed E-state index contributed by atoms with van der Waals surface area (Å²) in [5.74, 6) is 0.633. The summed E-state index contributed by atoms with van der Waals surface area (Å²) < 4.78 is 1.64. The van der Waals surface area contributed by atoms with Gasteiger partial charge in [0.05, 0.1) is 22.6 Å². The lowest BCUT2D eigenvalue weighted by Gasteiger charge is -2.30. The molecule has 0 spiro atoms. The first-order valence-corrected chi connectivity index (χ1v) is 11.3. The molecule has 3 rings (SSSR count). The van der Waals surface area contributed by atoms with Crippen molar-refractivity contribution in [1.82, 2.24) is 14.5 Å². The third kappa shape index (κ3) is 4.99. The number of carbonyl (C=O) groups is 1. The second kappa shape index (κ2) is 10.1. The van der Waals surface area contributed by atoms with Crippen LogP contribution in [0.5, 0.6) is 0 Å². The van der Waals surface area contributed by atoms with Gasteiger partial charge in [-0.05, 0) is 57.0 Å². The van der Waals surface area contributed by atoms with Gasteiger partial charge in [0.2, 0.25) is 5.91 Å². The summed E-state index contributed by atoms with van der Waals surface area (Å²) in [4.78, 5) is 33.2. The molecule has 31 heavy (non-hydrogen) atoms. The molecule has 1 aromatic heterocycles. The third-order valence-corrected chi connectivity index (χ3v) is 5.75. The average Bonchev–Trinajstić information content (AvgIpc) is 2.76. The Morgan fingerprint density at radius 3 is 2.48 bits per heavy atom. The Morgan fingerprint density at radius 1 is 1.13 bits per heavy atom. The molecule has 0 N–H and O–H groups in total. The van der Waals surface area contributed by atoms with Gasteiger partial charge >= 0.3 is 0 Å². The molecule has 1 amide bonds. The zero-order valence-electron chi connectivity index (χ0n) is 18.7. The number of aromatic nitrogens is 2. The zero-order valence-corrected chi connectivity index (χ0v) is 19.4. The topological polar surface area (TPSA) is 55.2 Å². The Balaban J connectivity index is 2.22. The first-order chi connectivity index (χ1) is 14.9. The van der Waals surface area contributed by atoms with Crippen molar-refractivity contribution < 1.29 is 4.79 Å². The monoisotopic (exact) mass is 439 g/mol. The Bertz CT molecular complexity index is 1120. The van der Waals surface area contributed by atoms with Crippen LogP contribution in [0.3, 0.4) is 0 Å². The average molecular weight is 440 g/mol. The lowest BCUT2D eigenvalue weighted by atomic mass is 10.1. The minimum absolute atomic E-state index is 0.0899. The number of amides is 1. The van der Waals surface area contributed by atoms with E-state index in [1.54, 1.807) is 22.8 Å². The molecular weight excluding hydrogens is 410 g/mol. The molecule has 0 saturated carbocycles. The summed E-state index contributed by atoms with van der Waals surface area (Å²) in [5.41, 5.74) is 2.22. The van der Waals surface area contributed by atoms with Crippen molar-refractivity contribution in [2.45, 2.75) is 59.4 Å². The van der Waals surface area contributed by atoms with E-state index < -0.39 is 0 Å². The van der Waals surface area contributed by atoms with E-state index in [1.807, 2.05) is 49.9 Å². The third-order valence-electron chi connectivity index (χ3n) is 5.52. The molecule has 0 aliphatic carbocycles. The highest BCUT2D eigenvalue weighted by Crippen LogP contribution is 2.25. The van der Waals surface area contributed by atoms with Crippen LogP contribution in [0.15, 0.2) is 47.3 Å². The standard InChI is InChI=1S/C25H30ClN3O2/c1-5-7-8-23(30)28(15-6-2)18(4)24-27-22-16-19(26)11-14-21(22)25(31)29(24)20-12-9-17(3)10-13-20/h9-14,16,18H,5-8,15H2,1-4H3. The number of unbranched alkanes of at least 4 members (excludes halogenated alkanes) is 1. The lowest BCUT2D eigenvalue weighted by molar-refractivity contribution is -0.133. The number of carbonyl (C=O) groups excluding carboxylic acids is 1. The molecule has 164 valence electrons. The Hall–Kier alpha value is -2.66. The number of hydrogen-bond donors (Lipinski definition) is 0. The maximum atomic E-state index is 13.5. The van der Waals surface area contributed by atoms with E-state index >= 15 is 0 Å². The zero-order chi connectivity index (χ0) is 22.5. The fraction of sp³-hybridized carbons (Fsp3) is 0.400. The number of fused-ring (bicyclic) bond motifs is 1. The maximum absolute atomic E-state index is 13.5. The van der Waals surface area contributed by atoms with Gasteiger partial charge in [-0.25, -0.2) is 4.98 Å². The summed E-state index contributed by atoms with van der Waals surface area (Å²) in [5, 5.41) is 1.02. The van der Waals surface area contributed by atoms with Crippen molar-refractivity contribution >= 4 is 28.4 Å². The molecule has 0 fully saturated rings. The first-order valence-electron chi connectivity index (χ1n) is 11.0. The normalized spacial score (nSPS) is 12.2. The van der Waals surface area contributed by atoms with E-state index in [-0.39, 0.29) is 17.5 Å². The number of halogens is 1. The quantitative estimate of drug-likeness (QED) is 0.443. The van der Waals surface area contributed by atoms with Gasteiger partial charge in [0, 0.05) is 18.0 Å². The Kier molecular flexibility index (Phi) is 7.50. The molecule has 0 radical (unpaired) electrons. The highest BCUT2D eigenvalue weighted by Gasteiger charge is 2.26. The number of nitrogens with zero attached hydrogens (tertiary/aromatic N) is 3. The first kappa shape index (κ1) is 23.0. The number of aryl methyl sites for hydroxylation is 1. The number of hydrogen-bond acceptors (Lipinski definition) is 3. The van der Waals surface area contributed by atoms with E-state index in [0.29, 0.717) is 34.7 Å². The molecule has 1 atom stereocenters. The van der Waals surface area contributed by atoms with Crippen molar-refractivity contribution in [1.29, 1.82) is 0 Å². The molecule has 6 heteroatoms. The molecule has 1 heterocycles. The largest absolute Gasteiger partial charge is 0.333 e. The van der Waals surface area contributed by atoms with Crippen molar-refractivity contribution in [3.8, 4) is 5.69 Å². The van der Waals surface area contributed by atoms with Crippen molar-refractivity contribution in [3.05, 3.63) is 69.2 Å². The number of rotatable bonds is 8. The van der Waals surface area contributed by atoms with Crippen molar-refractivity contribution in [3.63, 3.8) is 0 Å². The smallest absolute Gasteiger partial charge is 0.266 e. The van der Waals surface area contributed by atoms with Gasteiger partial charge in [0.25, 0.3) is 5.56 Å². The van der Waals surface area contributed by atoms with Gasteiger partial charge < -0.3 is 4.90 Å². The molecule has 0 aliphatic heterocycles. The lowest BCUT2D eigenvalue weighted by Crippen LogP contribution is -2.37. The summed E-state index contributed by atoms with van der Waals surface area (Å²) in [6, 6.07) is 12.5.